The van der Waals surface area contributed by atoms with Crippen LogP contribution in [0.5, 0.6) is 0 Å². The number of amides is 1. The fourth-order valence-electron chi connectivity index (χ4n) is 3.13. The molecule has 6 nitrogen and oxygen atoms in total. The summed E-state index contributed by atoms with van der Waals surface area (Å²) in [4.78, 5) is 16.8. The molecule has 1 heterocycles. The van der Waals surface area contributed by atoms with E-state index >= 15 is 0 Å². The number of benzene rings is 1. The first-order valence-electron chi connectivity index (χ1n) is 9.45. The van der Waals surface area contributed by atoms with Crippen LogP contribution in [-0.2, 0) is 20.7 Å². The van der Waals surface area contributed by atoms with Crippen LogP contribution in [0, 0.1) is 0 Å². The molecule has 2 atom stereocenters. The highest BCUT2D eigenvalue weighted by Gasteiger charge is 2.25. The summed E-state index contributed by atoms with van der Waals surface area (Å²) in [5, 5.41) is 9.88. The van der Waals surface area contributed by atoms with E-state index in [1.807, 2.05) is 42.2 Å². The summed E-state index contributed by atoms with van der Waals surface area (Å²) in [5.74, 6) is 0.0857. The Balaban J connectivity index is 1.92. The van der Waals surface area contributed by atoms with Crippen LogP contribution in [0.15, 0.2) is 30.3 Å². The number of hydrogen-bond donors (Lipinski definition) is 1. The number of carbonyl (C=O) groups is 1. The molecule has 146 valence electrons. The number of β-amino-alcohol motifs (C(OH)–C–C–N with tert-alkyl or cyclic N) is 1. The smallest absolute Gasteiger partial charge is 0.227 e. The van der Waals surface area contributed by atoms with Crippen molar-refractivity contribution in [3.05, 3.63) is 35.9 Å². The molecule has 1 fully saturated rings. The first-order chi connectivity index (χ1) is 12.6. The minimum Gasteiger partial charge on any atom is -0.392 e. The van der Waals surface area contributed by atoms with E-state index in [1.165, 1.54) is 0 Å². The predicted molar refractivity (Wildman–Crippen MR) is 101 cm³/mol. The van der Waals surface area contributed by atoms with Crippen molar-refractivity contribution in [3.63, 3.8) is 0 Å². The first-order valence-corrected chi connectivity index (χ1v) is 9.45. The largest absolute Gasteiger partial charge is 0.392 e. The molecule has 0 saturated carbocycles. The molecule has 2 unspecified atom stereocenters. The molecule has 1 N–H and O–H groups in total. The average Bonchev–Trinajstić information content (AvgIpc) is 2.66. The summed E-state index contributed by atoms with van der Waals surface area (Å²) in [6, 6.07) is 9.78. The van der Waals surface area contributed by atoms with Gasteiger partial charge in [0.05, 0.1) is 31.8 Å². The zero-order valence-corrected chi connectivity index (χ0v) is 16.0. The Hall–Kier alpha value is -1.47. The van der Waals surface area contributed by atoms with Gasteiger partial charge in [0.2, 0.25) is 5.91 Å². The van der Waals surface area contributed by atoms with Crippen molar-refractivity contribution in [2.75, 3.05) is 53.0 Å². The number of methoxy groups -OCH3 is 1. The third-order valence-corrected chi connectivity index (χ3v) is 4.70. The standard InChI is InChI=1S/C20H32N2O4/c1-3-18(23)14-21-9-12-26-19(15-21)16-22(10-11-25-2)20(24)13-17-7-5-4-6-8-17/h4-8,18-19,23H,3,9-16H2,1-2H3. The predicted octanol–water partition coefficient (Wildman–Crippen LogP) is 1.18. The van der Waals surface area contributed by atoms with Gasteiger partial charge in [-0.25, -0.2) is 0 Å². The second kappa shape index (κ2) is 11.3. The Morgan fingerprint density at radius 3 is 2.88 bits per heavy atom. The van der Waals surface area contributed by atoms with Gasteiger partial charge in [-0.05, 0) is 12.0 Å². The molecule has 26 heavy (non-hydrogen) atoms. The SMILES string of the molecule is CCC(O)CN1CCOC(CN(CCOC)C(=O)Cc2ccccc2)C1. The van der Waals surface area contributed by atoms with E-state index in [4.69, 9.17) is 9.47 Å². The maximum atomic E-state index is 12.8. The molecule has 0 aromatic heterocycles. The van der Waals surface area contributed by atoms with Crippen LogP contribution in [0.25, 0.3) is 0 Å². The lowest BCUT2D eigenvalue weighted by molar-refractivity contribution is -0.135. The van der Waals surface area contributed by atoms with Crippen molar-refractivity contribution in [2.24, 2.45) is 0 Å². The Morgan fingerprint density at radius 1 is 1.42 bits per heavy atom. The molecule has 1 amide bonds. The molecule has 0 spiro atoms. The van der Waals surface area contributed by atoms with Crippen LogP contribution in [-0.4, -0.2) is 86.1 Å². The molecule has 2 rings (SSSR count). The summed E-state index contributed by atoms with van der Waals surface area (Å²) in [7, 11) is 1.64. The number of ether oxygens (including phenoxy) is 2. The minimum atomic E-state index is -0.307. The minimum absolute atomic E-state index is 0.0376. The topological polar surface area (TPSA) is 62.2 Å². The van der Waals surface area contributed by atoms with E-state index in [2.05, 4.69) is 4.90 Å². The lowest BCUT2D eigenvalue weighted by Crippen LogP contribution is -2.51. The quantitative estimate of drug-likeness (QED) is 0.675. The monoisotopic (exact) mass is 364 g/mol. The van der Waals surface area contributed by atoms with Gasteiger partial charge < -0.3 is 19.5 Å². The highest BCUT2D eigenvalue weighted by Crippen LogP contribution is 2.11. The highest BCUT2D eigenvalue weighted by molar-refractivity contribution is 5.78. The average molecular weight is 364 g/mol. The molecule has 0 bridgehead atoms. The maximum absolute atomic E-state index is 12.8. The molecule has 1 aliphatic heterocycles. The lowest BCUT2D eigenvalue weighted by atomic mass is 10.1. The van der Waals surface area contributed by atoms with Gasteiger partial charge in [-0.3, -0.25) is 9.69 Å². The summed E-state index contributed by atoms with van der Waals surface area (Å²) >= 11 is 0. The van der Waals surface area contributed by atoms with Crippen molar-refractivity contribution in [1.29, 1.82) is 0 Å². The number of aliphatic hydroxyl groups excluding tert-OH is 1. The van der Waals surface area contributed by atoms with Gasteiger partial charge in [-0.15, -0.1) is 0 Å². The molecule has 1 aromatic rings. The van der Waals surface area contributed by atoms with Crippen molar-refractivity contribution in [3.8, 4) is 0 Å². The van der Waals surface area contributed by atoms with Gasteiger partial charge in [0.25, 0.3) is 0 Å². The van der Waals surface area contributed by atoms with Crippen LogP contribution < -0.4 is 0 Å². The fourth-order valence-corrected chi connectivity index (χ4v) is 3.13. The summed E-state index contributed by atoms with van der Waals surface area (Å²) < 4.78 is 11.0. The Kier molecular flexibility index (Phi) is 9.05. The number of morpholine rings is 1. The molecular formula is C20H32N2O4. The van der Waals surface area contributed by atoms with Crippen LogP contribution in [0.1, 0.15) is 18.9 Å². The summed E-state index contributed by atoms with van der Waals surface area (Å²) in [6.45, 7) is 6.44. The van der Waals surface area contributed by atoms with Gasteiger partial charge in [0, 0.05) is 39.8 Å². The van der Waals surface area contributed by atoms with Gasteiger partial charge in [0.1, 0.15) is 0 Å². The van der Waals surface area contributed by atoms with Gasteiger partial charge >= 0.3 is 0 Å². The fraction of sp³-hybridized carbons (Fsp3) is 0.650. The van der Waals surface area contributed by atoms with E-state index in [0.29, 0.717) is 39.3 Å². The Labute approximate surface area is 156 Å². The second-order valence-electron chi connectivity index (χ2n) is 6.81. The first kappa shape index (κ1) is 20.8. The van der Waals surface area contributed by atoms with E-state index in [9.17, 15) is 9.90 Å². The number of hydrogen-bond acceptors (Lipinski definition) is 5. The van der Waals surface area contributed by atoms with E-state index in [0.717, 1.165) is 25.1 Å². The molecule has 1 aliphatic rings. The molecule has 1 saturated heterocycles. The third kappa shape index (κ3) is 7.03. The third-order valence-electron chi connectivity index (χ3n) is 4.70. The molecular weight excluding hydrogens is 332 g/mol. The lowest BCUT2D eigenvalue weighted by Gasteiger charge is -2.36. The van der Waals surface area contributed by atoms with Crippen LogP contribution in [0.2, 0.25) is 0 Å². The number of rotatable bonds is 10. The van der Waals surface area contributed by atoms with Crippen molar-refractivity contribution >= 4 is 5.91 Å². The zero-order valence-electron chi connectivity index (χ0n) is 16.0. The maximum Gasteiger partial charge on any atom is 0.227 e. The number of nitrogens with zero attached hydrogens (tertiary/aromatic N) is 2. The normalized spacial score (nSPS) is 19.3. The van der Waals surface area contributed by atoms with Crippen molar-refractivity contribution in [2.45, 2.75) is 32.0 Å². The Morgan fingerprint density at radius 2 is 2.19 bits per heavy atom. The highest BCUT2D eigenvalue weighted by atomic mass is 16.5. The molecule has 6 heteroatoms. The number of carbonyl (C=O) groups excluding carboxylic acids is 1. The Bertz CT molecular complexity index is 526. The van der Waals surface area contributed by atoms with E-state index in [1.54, 1.807) is 7.11 Å². The molecule has 0 aliphatic carbocycles. The number of aliphatic hydroxyl groups is 1. The van der Waals surface area contributed by atoms with Crippen LogP contribution in [0.4, 0.5) is 0 Å². The molecule has 1 aromatic carbocycles. The summed E-state index contributed by atoms with van der Waals surface area (Å²) in [5.41, 5.74) is 1.01. The van der Waals surface area contributed by atoms with Crippen LogP contribution >= 0.6 is 0 Å². The zero-order chi connectivity index (χ0) is 18.8. The van der Waals surface area contributed by atoms with Crippen LogP contribution in [0.3, 0.4) is 0 Å². The van der Waals surface area contributed by atoms with E-state index in [-0.39, 0.29) is 18.1 Å². The van der Waals surface area contributed by atoms with Crippen molar-refractivity contribution in [1.82, 2.24) is 9.80 Å². The van der Waals surface area contributed by atoms with E-state index < -0.39 is 0 Å². The van der Waals surface area contributed by atoms with Gasteiger partial charge in [-0.1, -0.05) is 37.3 Å². The van der Waals surface area contributed by atoms with Crippen molar-refractivity contribution < 1.29 is 19.4 Å². The molecule has 0 radical (unpaired) electrons. The summed E-state index contributed by atoms with van der Waals surface area (Å²) in [6.07, 6.45) is 0.787. The second-order valence-corrected chi connectivity index (χ2v) is 6.81. The van der Waals surface area contributed by atoms with Gasteiger partial charge in [0.15, 0.2) is 0 Å². The van der Waals surface area contributed by atoms with Gasteiger partial charge in [-0.2, -0.15) is 0 Å².